The van der Waals surface area contributed by atoms with Gasteiger partial charge in [0.1, 0.15) is 0 Å². The molecule has 2 aromatic carbocycles. The second-order valence-electron chi connectivity index (χ2n) is 4.52. The molecule has 0 atom stereocenters. The fourth-order valence-corrected chi connectivity index (χ4v) is 2.00. The number of benzene rings is 2. The highest BCUT2D eigenvalue weighted by Gasteiger charge is 2.30. The summed E-state index contributed by atoms with van der Waals surface area (Å²) < 4.78 is 38.0. The van der Waals surface area contributed by atoms with Crippen molar-refractivity contribution in [3.8, 4) is 0 Å². The maximum atomic E-state index is 12.7. The Hall–Kier alpha value is -1.94. The van der Waals surface area contributed by atoms with Crippen LogP contribution in [0.25, 0.3) is 5.57 Å². The number of nitrogens with one attached hydrogen (secondary N) is 1. The van der Waals surface area contributed by atoms with Crippen LogP contribution in [0.1, 0.15) is 11.1 Å². The van der Waals surface area contributed by atoms with Gasteiger partial charge in [0.25, 0.3) is 0 Å². The second-order valence-corrected chi connectivity index (χ2v) is 4.92. The molecule has 0 spiro atoms. The van der Waals surface area contributed by atoms with E-state index < -0.39 is 11.7 Å². The van der Waals surface area contributed by atoms with Crippen molar-refractivity contribution >= 4 is 22.9 Å². The van der Waals surface area contributed by atoms with Crippen LogP contribution in [-0.4, -0.2) is 6.54 Å². The van der Waals surface area contributed by atoms with Crippen LogP contribution in [0.5, 0.6) is 0 Å². The van der Waals surface area contributed by atoms with Crippen LogP contribution in [0.15, 0.2) is 55.1 Å². The van der Waals surface area contributed by atoms with Crippen molar-refractivity contribution in [3.05, 3.63) is 71.3 Å². The first-order valence-corrected chi connectivity index (χ1v) is 6.59. The van der Waals surface area contributed by atoms with Gasteiger partial charge in [0, 0.05) is 6.54 Å². The van der Waals surface area contributed by atoms with Gasteiger partial charge in [-0.15, -0.1) is 0 Å². The first-order chi connectivity index (χ1) is 9.88. The van der Waals surface area contributed by atoms with Gasteiger partial charge in [-0.05, 0) is 29.3 Å². The third-order valence-electron chi connectivity index (χ3n) is 2.97. The number of anilines is 1. The SMILES string of the molecule is C=C(CNc1cc(C(F)(F)F)ccc1Cl)c1ccccc1. The van der Waals surface area contributed by atoms with Crippen LogP contribution in [0.4, 0.5) is 18.9 Å². The molecular weight excluding hydrogens is 299 g/mol. The van der Waals surface area contributed by atoms with Crippen LogP contribution in [0, 0.1) is 0 Å². The monoisotopic (exact) mass is 311 g/mol. The summed E-state index contributed by atoms with van der Waals surface area (Å²) in [6, 6.07) is 12.6. The maximum Gasteiger partial charge on any atom is 0.416 e. The average molecular weight is 312 g/mol. The molecule has 0 aliphatic rings. The van der Waals surface area contributed by atoms with E-state index >= 15 is 0 Å². The third-order valence-corrected chi connectivity index (χ3v) is 3.30. The third kappa shape index (κ3) is 4.02. The highest BCUT2D eigenvalue weighted by atomic mass is 35.5. The van der Waals surface area contributed by atoms with Gasteiger partial charge in [-0.25, -0.2) is 0 Å². The summed E-state index contributed by atoms with van der Waals surface area (Å²) in [5.74, 6) is 0. The molecule has 2 aromatic rings. The summed E-state index contributed by atoms with van der Waals surface area (Å²) in [6.45, 7) is 4.22. The normalized spacial score (nSPS) is 11.2. The van der Waals surface area contributed by atoms with E-state index in [0.717, 1.165) is 23.3 Å². The zero-order chi connectivity index (χ0) is 15.5. The van der Waals surface area contributed by atoms with Gasteiger partial charge in [-0.1, -0.05) is 48.5 Å². The number of hydrogen-bond acceptors (Lipinski definition) is 1. The molecule has 1 nitrogen and oxygen atoms in total. The summed E-state index contributed by atoms with van der Waals surface area (Å²) in [6.07, 6.45) is -4.39. The molecule has 0 aliphatic heterocycles. The van der Waals surface area contributed by atoms with Gasteiger partial charge in [0.2, 0.25) is 0 Å². The van der Waals surface area contributed by atoms with Crippen molar-refractivity contribution in [2.45, 2.75) is 6.18 Å². The predicted molar refractivity (Wildman–Crippen MR) is 80.4 cm³/mol. The van der Waals surface area contributed by atoms with E-state index in [2.05, 4.69) is 11.9 Å². The molecule has 0 aromatic heterocycles. The molecule has 0 bridgehead atoms. The minimum Gasteiger partial charge on any atom is -0.380 e. The van der Waals surface area contributed by atoms with E-state index in [0.29, 0.717) is 6.54 Å². The fraction of sp³-hybridized carbons (Fsp3) is 0.125. The molecule has 0 saturated heterocycles. The zero-order valence-corrected chi connectivity index (χ0v) is 11.8. The van der Waals surface area contributed by atoms with E-state index in [9.17, 15) is 13.2 Å². The molecule has 0 unspecified atom stereocenters. The number of hydrogen-bond donors (Lipinski definition) is 1. The van der Waals surface area contributed by atoms with Crippen molar-refractivity contribution in [1.82, 2.24) is 0 Å². The molecule has 110 valence electrons. The van der Waals surface area contributed by atoms with Crippen LogP contribution < -0.4 is 5.32 Å². The summed E-state index contributed by atoms with van der Waals surface area (Å²) in [5.41, 5.74) is 1.19. The van der Waals surface area contributed by atoms with Crippen LogP contribution in [-0.2, 0) is 6.18 Å². The smallest absolute Gasteiger partial charge is 0.380 e. The molecule has 5 heteroatoms. The highest BCUT2D eigenvalue weighted by molar-refractivity contribution is 6.33. The molecule has 0 heterocycles. The summed E-state index contributed by atoms with van der Waals surface area (Å²) in [7, 11) is 0. The molecule has 0 radical (unpaired) electrons. The number of halogens is 4. The van der Waals surface area contributed by atoms with Crippen LogP contribution >= 0.6 is 11.6 Å². The largest absolute Gasteiger partial charge is 0.416 e. The lowest BCUT2D eigenvalue weighted by Gasteiger charge is -2.13. The minimum absolute atomic E-state index is 0.239. The van der Waals surface area contributed by atoms with Gasteiger partial charge < -0.3 is 5.32 Å². The Morgan fingerprint density at radius 3 is 2.38 bits per heavy atom. The lowest BCUT2D eigenvalue weighted by molar-refractivity contribution is -0.137. The number of rotatable bonds is 4. The van der Waals surface area contributed by atoms with Crippen LogP contribution in [0.3, 0.4) is 0 Å². The Bertz CT molecular complexity index is 636. The topological polar surface area (TPSA) is 12.0 Å². The first-order valence-electron chi connectivity index (χ1n) is 6.22. The van der Waals surface area contributed by atoms with E-state index in [1.165, 1.54) is 6.07 Å². The lowest BCUT2D eigenvalue weighted by atomic mass is 10.1. The van der Waals surface area contributed by atoms with Gasteiger partial charge in [-0.3, -0.25) is 0 Å². The lowest BCUT2D eigenvalue weighted by Crippen LogP contribution is -2.08. The van der Waals surface area contributed by atoms with Gasteiger partial charge in [0.15, 0.2) is 0 Å². The second kappa shape index (κ2) is 6.22. The quantitative estimate of drug-likeness (QED) is 0.788. The predicted octanol–water partition coefficient (Wildman–Crippen LogP) is 5.48. The standard InChI is InChI=1S/C16H13ClF3N/c1-11(12-5-3-2-4-6-12)10-21-15-9-13(16(18,19)20)7-8-14(15)17/h2-9,21H,1,10H2. The van der Waals surface area contributed by atoms with Crippen molar-refractivity contribution in [1.29, 1.82) is 0 Å². The molecule has 0 amide bonds. The molecule has 21 heavy (non-hydrogen) atoms. The average Bonchev–Trinajstić information content (AvgIpc) is 2.45. The summed E-state index contributed by atoms with van der Waals surface area (Å²) >= 11 is 5.92. The minimum atomic E-state index is -4.39. The Morgan fingerprint density at radius 1 is 1.10 bits per heavy atom. The summed E-state index contributed by atoms with van der Waals surface area (Å²) in [5, 5.41) is 3.13. The van der Waals surface area contributed by atoms with E-state index in [-0.39, 0.29) is 10.7 Å². The van der Waals surface area contributed by atoms with E-state index in [4.69, 9.17) is 11.6 Å². The molecular formula is C16H13ClF3N. The fourth-order valence-electron chi connectivity index (χ4n) is 1.81. The van der Waals surface area contributed by atoms with Crippen molar-refractivity contribution < 1.29 is 13.2 Å². The van der Waals surface area contributed by atoms with Crippen molar-refractivity contribution in [3.63, 3.8) is 0 Å². The van der Waals surface area contributed by atoms with E-state index in [1.54, 1.807) is 0 Å². The molecule has 0 saturated carbocycles. The molecule has 2 rings (SSSR count). The van der Waals surface area contributed by atoms with Gasteiger partial charge in [-0.2, -0.15) is 13.2 Å². The Kier molecular flexibility index (Phi) is 4.58. The Labute approximate surface area is 126 Å². The Morgan fingerprint density at radius 2 is 1.76 bits per heavy atom. The first kappa shape index (κ1) is 15.4. The highest BCUT2D eigenvalue weighted by Crippen LogP contribution is 2.34. The molecule has 0 fully saturated rings. The molecule has 0 aliphatic carbocycles. The number of alkyl halides is 3. The van der Waals surface area contributed by atoms with Gasteiger partial charge in [0.05, 0.1) is 16.3 Å². The Balaban J connectivity index is 2.11. The van der Waals surface area contributed by atoms with Crippen molar-refractivity contribution in [2.24, 2.45) is 0 Å². The summed E-state index contributed by atoms with van der Waals surface area (Å²) in [4.78, 5) is 0. The van der Waals surface area contributed by atoms with E-state index in [1.807, 2.05) is 30.3 Å². The van der Waals surface area contributed by atoms with Crippen LogP contribution in [0.2, 0.25) is 5.02 Å². The maximum absolute atomic E-state index is 12.7. The van der Waals surface area contributed by atoms with Crippen molar-refractivity contribution in [2.75, 3.05) is 11.9 Å². The molecule has 1 N–H and O–H groups in total. The van der Waals surface area contributed by atoms with Gasteiger partial charge >= 0.3 is 6.18 Å². The zero-order valence-electron chi connectivity index (χ0n) is 11.0.